The number of carbonyl (C=O) groups is 1. The summed E-state index contributed by atoms with van der Waals surface area (Å²) < 4.78 is 1.05. The molecule has 1 aromatic carbocycles. The van der Waals surface area contributed by atoms with Gasteiger partial charge in [0.25, 0.3) is 0 Å². The molecule has 1 amide bonds. The summed E-state index contributed by atoms with van der Waals surface area (Å²) in [5, 5.41) is 6.80. The molecule has 5 heteroatoms. The van der Waals surface area contributed by atoms with Crippen molar-refractivity contribution in [3.05, 3.63) is 28.7 Å². The zero-order chi connectivity index (χ0) is 17.3. The van der Waals surface area contributed by atoms with Gasteiger partial charge in [-0.05, 0) is 71.7 Å². The van der Waals surface area contributed by atoms with Gasteiger partial charge >= 0.3 is 0 Å². The molecule has 0 spiro atoms. The minimum atomic E-state index is -0.0997. The van der Waals surface area contributed by atoms with Crippen molar-refractivity contribution in [3.8, 4) is 0 Å². The Morgan fingerprint density at radius 3 is 2.26 bits per heavy atom. The van der Waals surface area contributed by atoms with Crippen LogP contribution in [0.4, 0.5) is 0 Å². The summed E-state index contributed by atoms with van der Waals surface area (Å²) >= 11 is 5.03. The van der Waals surface area contributed by atoms with Gasteiger partial charge in [0.05, 0.1) is 5.25 Å². The minimum Gasteiger partial charge on any atom is -0.352 e. The first-order chi connectivity index (χ1) is 10.6. The number of rotatable bonds is 4. The first kappa shape index (κ1) is 18.8. The van der Waals surface area contributed by atoms with E-state index >= 15 is 0 Å². The number of thioether (sulfide) groups is 1. The number of nitrogens with one attached hydrogen (secondary N) is 2. The highest BCUT2D eigenvalue weighted by Gasteiger charge is 2.38. The molecule has 0 aromatic heterocycles. The fraction of sp³-hybridized carbons (Fsp3) is 0.611. The maximum Gasteiger partial charge on any atom is 0.233 e. The molecule has 1 aromatic rings. The largest absolute Gasteiger partial charge is 0.352 e. The smallest absolute Gasteiger partial charge is 0.233 e. The second-order valence-corrected chi connectivity index (χ2v) is 10.1. The molecule has 3 nitrogen and oxygen atoms in total. The predicted molar refractivity (Wildman–Crippen MR) is 102 cm³/mol. The number of piperidine rings is 1. The molecular weight excluding hydrogens is 372 g/mol. The van der Waals surface area contributed by atoms with Crippen LogP contribution in [0.5, 0.6) is 0 Å². The number of hydrogen-bond donors (Lipinski definition) is 2. The lowest BCUT2D eigenvalue weighted by molar-refractivity contribution is -0.121. The van der Waals surface area contributed by atoms with Crippen LogP contribution in [0.3, 0.4) is 0 Å². The highest BCUT2D eigenvalue weighted by molar-refractivity contribution is 9.10. The van der Waals surface area contributed by atoms with Crippen LogP contribution in [-0.2, 0) is 4.79 Å². The minimum absolute atomic E-state index is 0.0434. The number of hydrogen-bond acceptors (Lipinski definition) is 3. The van der Waals surface area contributed by atoms with Crippen molar-refractivity contribution in [1.82, 2.24) is 10.6 Å². The summed E-state index contributed by atoms with van der Waals surface area (Å²) in [6.45, 7) is 10.8. The van der Waals surface area contributed by atoms with Crippen LogP contribution in [0.2, 0.25) is 0 Å². The van der Waals surface area contributed by atoms with E-state index < -0.39 is 0 Å². The standard InChI is InChI=1S/C18H27BrN2OS/c1-12(23-15-8-6-13(19)7-9-15)16(22)20-14-10-17(2,3)21-18(4,5)11-14/h6-9,12,14,21H,10-11H2,1-5H3,(H,20,22). The van der Waals surface area contributed by atoms with Crippen molar-refractivity contribution in [1.29, 1.82) is 0 Å². The van der Waals surface area contributed by atoms with Crippen LogP contribution >= 0.6 is 27.7 Å². The molecule has 23 heavy (non-hydrogen) atoms. The van der Waals surface area contributed by atoms with Crippen LogP contribution < -0.4 is 10.6 Å². The van der Waals surface area contributed by atoms with Gasteiger partial charge in [-0.25, -0.2) is 0 Å². The molecule has 0 bridgehead atoms. The van der Waals surface area contributed by atoms with Crippen molar-refractivity contribution < 1.29 is 4.79 Å². The molecule has 2 N–H and O–H groups in total. The maximum absolute atomic E-state index is 12.5. The Hall–Kier alpha value is -0.520. The molecule has 2 rings (SSSR count). The van der Waals surface area contributed by atoms with Crippen LogP contribution in [0.15, 0.2) is 33.6 Å². The third-order valence-electron chi connectivity index (χ3n) is 4.03. The van der Waals surface area contributed by atoms with Gasteiger partial charge in [0.2, 0.25) is 5.91 Å². The topological polar surface area (TPSA) is 41.1 Å². The molecule has 0 saturated carbocycles. The fourth-order valence-corrected chi connectivity index (χ4v) is 4.65. The molecular formula is C18H27BrN2OS. The van der Waals surface area contributed by atoms with E-state index in [-0.39, 0.29) is 28.3 Å². The van der Waals surface area contributed by atoms with Crippen molar-refractivity contribution >= 4 is 33.6 Å². The molecule has 1 aliphatic heterocycles. The zero-order valence-corrected chi connectivity index (χ0v) is 17.0. The summed E-state index contributed by atoms with van der Waals surface area (Å²) in [6.07, 6.45) is 1.91. The van der Waals surface area contributed by atoms with Crippen molar-refractivity contribution in [2.45, 2.75) is 74.7 Å². The van der Waals surface area contributed by atoms with Gasteiger partial charge in [0.1, 0.15) is 0 Å². The molecule has 1 heterocycles. The predicted octanol–water partition coefficient (Wildman–Crippen LogP) is 4.36. The average Bonchev–Trinajstić information content (AvgIpc) is 2.37. The maximum atomic E-state index is 12.5. The number of benzene rings is 1. The van der Waals surface area contributed by atoms with Crippen molar-refractivity contribution in [2.24, 2.45) is 0 Å². The summed E-state index contributed by atoms with van der Waals surface area (Å²) in [4.78, 5) is 13.7. The Morgan fingerprint density at radius 1 is 1.22 bits per heavy atom. The number of halogens is 1. The normalized spacial score (nSPS) is 21.7. The Kier molecular flexibility index (Phi) is 5.85. The summed E-state index contributed by atoms with van der Waals surface area (Å²) in [5.41, 5.74) is 0.0869. The van der Waals surface area contributed by atoms with Gasteiger partial charge in [0.15, 0.2) is 0 Å². The summed E-state index contributed by atoms with van der Waals surface area (Å²) in [7, 11) is 0. The lowest BCUT2D eigenvalue weighted by atomic mass is 9.79. The second kappa shape index (κ2) is 7.16. The van der Waals surface area contributed by atoms with Gasteiger partial charge < -0.3 is 10.6 Å². The van der Waals surface area contributed by atoms with E-state index in [9.17, 15) is 4.79 Å². The molecule has 1 saturated heterocycles. The highest BCUT2D eigenvalue weighted by atomic mass is 79.9. The van der Waals surface area contributed by atoms with Crippen LogP contribution in [0.25, 0.3) is 0 Å². The Morgan fingerprint density at radius 2 is 1.74 bits per heavy atom. The molecule has 1 unspecified atom stereocenters. The van der Waals surface area contributed by atoms with E-state index in [4.69, 9.17) is 0 Å². The third kappa shape index (κ3) is 5.80. The average molecular weight is 399 g/mol. The third-order valence-corrected chi connectivity index (χ3v) is 5.67. The highest BCUT2D eigenvalue weighted by Crippen LogP contribution is 2.29. The molecule has 0 aliphatic carbocycles. The van der Waals surface area contributed by atoms with E-state index in [1.807, 2.05) is 31.2 Å². The lowest BCUT2D eigenvalue weighted by Gasteiger charge is -2.46. The SMILES string of the molecule is CC(Sc1ccc(Br)cc1)C(=O)NC1CC(C)(C)NC(C)(C)C1. The van der Waals surface area contributed by atoms with Crippen LogP contribution in [0.1, 0.15) is 47.5 Å². The van der Waals surface area contributed by atoms with Gasteiger partial charge in [0, 0.05) is 26.5 Å². The molecule has 1 aliphatic rings. The van der Waals surface area contributed by atoms with Crippen LogP contribution in [0, 0.1) is 0 Å². The lowest BCUT2D eigenvalue weighted by Crippen LogP contribution is -2.62. The van der Waals surface area contributed by atoms with Gasteiger partial charge in [-0.1, -0.05) is 15.9 Å². The zero-order valence-electron chi connectivity index (χ0n) is 14.6. The monoisotopic (exact) mass is 398 g/mol. The molecule has 1 atom stereocenters. The van der Waals surface area contributed by atoms with E-state index in [1.54, 1.807) is 11.8 Å². The summed E-state index contributed by atoms with van der Waals surface area (Å²) in [5.74, 6) is 0.122. The Labute approximate surface area is 152 Å². The summed E-state index contributed by atoms with van der Waals surface area (Å²) in [6, 6.07) is 8.31. The molecule has 128 valence electrons. The van der Waals surface area contributed by atoms with Gasteiger partial charge in [-0.3, -0.25) is 4.79 Å². The number of carbonyl (C=O) groups excluding carboxylic acids is 1. The van der Waals surface area contributed by atoms with E-state index in [2.05, 4.69) is 54.3 Å². The van der Waals surface area contributed by atoms with Gasteiger partial charge in [-0.15, -0.1) is 11.8 Å². The fourth-order valence-electron chi connectivity index (χ4n) is 3.51. The molecule has 1 fully saturated rings. The Bertz CT molecular complexity index is 541. The quantitative estimate of drug-likeness (QED) is 0.740. The van der Waals surface area contributed by atoms with Crippen LogP contribution in [-0.4, -0.2) is 28.3 Å². The number of amides is 1. The van der Waals surface area contributed by atoms with E-state index in [0.717, 1.165) is 22.2 Å². The Balaban J connectivity index is 1.94. The first-order valence-corrected chi connectivity index (χ1v) is 9.76. The van der Waals surface area contributed by atoms with Gasteiger partial charge in [-0.2, -0.15) is 0 Å². The second-order valence-electron chi connectivity index (χ2n) is 7.72. The van der Waals surface area contributed by atoms with E-state index in [0.29, 0.717) is 0 Å². The van der Waals surface area contributed by atoms with E-state index in [1.165, 1.54) is 0 Å². The first-order valence-electron chi connectivity index (χ1n) is 8.08. The van der Waals surface area contributed by atoms with Crippen molar-refractivity contribution in [2.75, 3.05) is 0 Å². The van der Waals surface area contributed by atoms with Crippen molar-refractivity contribution in [3.63, 3.8) is 0 Å². The molecule has 0 radical (unpaired) electrons.